The number of rotatable bonds is 4. The Hall–Kier alpha value is -2.22. The zero-order valence-corrected chi connectivity index (χ0v) is 13.8. The Kier molecular flexibility index (Phi) is 5.26. The number of ether oxygens (including phenoxy) is 1. The van der Waals surface area contributed by atoms with Crippen LogP contribution < -0.4 is 0 Å². The minimum atomic E-state index is -0.605. The molecule has 22 heavy (non-hydrogen) atoms. The fraction of sp³-hybridized carbons (Fsp3) is 0.0625. The van der Waals surface area contributed by atoms with E-state index in [9.17, 15) is 14.9 Å². The summed E-state index contributed by atoms with van der Waals surface area (Å²) in [5.41, 5.74) is 0.970. The summed E-state index contributed by atoms with van der Waals surface area (Å²) in [6.45, 7) is 0. The smallest absolute Gasteiger partial charge is 0.338 e. The molecule has 0 radical (unpaired) electrons. The van der Waals surface area contributed by atoms with Crippen LogP contribution >= 0.6 is 22.6 Å². The second kappa shape index (κ2) is 7.17. The normalized spacial score (nSPS) is 11.1. The van der Waals surface area contributed by atoms with Gasteiger partial charge in [-0.05, 0) is 46.4 Å². The van der Waals surface area contributed by atoms with Gasteiger partial charge in [-0.15, -0.1) is 0 Å². The number of nitro groups is 1. The summed E-state index contributed by atoms with van der Waals surface area (Å²) in [4.78, 5) is 22.8. The zero-order valence-electron chi connectivity index (χ0n) is 11.7. The SMILES string of the molecule is COC(=O)c1ccccc1/C(=C\c1ccccc1I)[N+](=O)[O-]. The number of carbonyl (C=O) groups is 1. The van der Waals surface area contributed by atoms with Crippen molar-refractivity contribution in [3.05, 3.63) is 78.9 Å². The van der Waals surface area contributed by atoms with Crippen molar-refractivity contribution >= 4 is 40.3 Å². The molecular weight excluding hydrogens is 397 g/mol. The molecule has 0 amide bonds. The molecule has 112 valence electrons. The fourth-order valence-electron chi connectivity index (χ4n) is 1.96. The van der Waals surface area contributed by atoms with E-state index in [0.717, 1.165) is 9.13 Å². The van der Waals surface area contributed by atoms with Gasteiger partial charge in [0, 0.05) is 9.65 Å². The summed E-state index contributed by atoms with van der Waals surface area (Å²) in [7, 11) is 1.24. The number of hydrogen-bond donors (Lipinski definition) is 0. The third-order valence-corrected chi connectivity index (χ3v) is 3.98. The Morgan fingerprint density at radius 1 is 1.14 bits per heavy atom. The van der Waals surface area contributed by atoms with Gasteiger partial charge in [-0.25, -0.2) is 4.79 Å². The first-order valence-electron chi connectivity index (χ1n) is 6.33. The van der Waals surface area contributed by atoms with Crippen LogP contribution in [0, 0.1) is 13.7 Å². The first-order chi connectivity index (χ1) is 10.5. The summed E-state index contributed by atoms with van der Waals surface area (Å²) in [5, 5.41) is 11.5. The number of halogens is 1. The first kappa shape index (κ1) is 16.2. The maximum absolute atomic E-state index is 11.8. The van der Waals surface area contributed by atoms with E-state index in [1.807, 2.05) is 12.1 Å². The molecule has 0 aliphatic carbocycles. The van der Waals surface area contributed by atoms with Gasteiger partial charge in [-0.3, -0.25) is 10.1 Å². The van der Waals surface area contributed by atoms with Gasteiger partial charge < -0.3 is 4.74 Å². The van der Waals surface area contributed by atoms with Crippen molar-refractivity contribution < 1.29 is 14.5 Å². The maximum Gasteiger partial charge on any atom is 0.338 e. The van der Waals surface area contributed by atoms with E-state index in [1.165, 1.54) is 25.3 Å². The van der Waals surface area contributed by atoms with Crippen LogP contribution in [0.3, 0.4) is 0 Å². The fourth-order valence-corrected chi connectivity index (χ4v) is 2.51. The van der Waals surface area contributed by atoms with Crippen LogP contribution in [0.25, 0.3) is 11.8 Å². The van der Waals surface area contributed by atoms with Crippen LogP contribution in [-0.4, -0.2) is 18.0 Å². The molecule has 0 saturated heterocycles. The van der Waals surface area contributed by atoms with Crippen molar-refractivity contribution in [2.24, 2.45) is 0 Å². The van der Waals surface area contributed by atoms with E-state index >= 15 is 0 Å². The molecule has 0 fully saturated rings. The molecule has 2 aromatic carbocycles. The topological polar surface area (TPSA) is 69.4 Å². The van der Waals surface area contributed by atoms with Crippen molar-refractivity contribution in [2.45, 2.75) is 0 Å². The Labute approximate surface area is 140 Å². The van der Waals surface area contributed by atoms with Crippen LogP contribution in [0.4, 0.5) is 0 Å². The minimum absolute atomic E-state index is 0.148. The number of nitrogens with zero attached hydrogens (tertiary/aromatic N) is 1. The molecule has 5 nitrogen and oxygen atoms in total. The predicted octanol–water partition coefficient (Wildman–Crippen LogP) is 3.85. The molecule has 0 heterocycles. The molecule has 2 aromatic rings. The van der Waals surface area contributed by atoms with Crippen LogP contribution in [0.1, 0.15) is 21.5 Å². The van der Waals surface area contributed by atoms with Gasteiger partial charge in [0.15, 0.2) is 0 Å². The summed E-state index contributed by atoms with van der Waals surface area (Å²) >= 11 is 2.11. The molecule has 0 unspecified atom stereocenters. The predicted molar refractivity (Wildman–Crippen MR) is 91.8 cm³/mol. The average Bonchev–Trinajstić information content (AvgIpc) is 2.53. The van der Waals surface area contributed by atoms with E-state index in [2.05, 4.69) is 22.6 Å². The molecule has 0 bridgehead atoms. The highest BCUT2D eigenvalue weighted by molar-refractivity contribution is 14.1. The van der Waals surface area contributed by atoms with Crippen LogP contribution in [0.15, 0.2) is 48.5 Å². The van der Waals surface area contributed by atoms with Gasteiger partial charge in [0.05, 0.1) is 23.2 Å². The third kappa shape index (κ3) is 3.51. The van der Waals surface area contributed by atoms with Crippen molar-refractivity contribution in [3.8, 4) is 0 Å². The highest BCUT2D eigenvalue weighted by Gasteiger charge is 2.22. The van der Waals surface area contributed by atoms with E-state index in [1.54, 1.807) is 24.3 Å². The Morgan fingerprint density at radius 3 is 2.32 bits per heavy atom. The average molecular weight is 409 g/mol. The van der Waals surface area contributed by atoms with Gasteiger partial charge in [0.25, 0.3) is 5.70 Å². The molecule has 0 N–H and O–H groups in total. The number of hydrogen-bond acceptors (Lipinski definition) is 4. The van der Waals surface area contributed by atoms with Gasteiger partial charge in [0.1, 0.15) is 0 Å². The second-order valence-corrected chi connectivity index (χ2v) is 5.51. The second-order valence-electron chi connectivity index (χ2n) is 4.35. The van der Waals surface area contributed by atoms with Crippen molar-refractivity contribution in [1.29, 1.82) is 0 Å². The highest BCUT2D eigenvalue weighted by Crippen LogP contribution is 2.25. The molecule has 0 atom stereocenters. The van der Waals surface area contributed by atoms with E-state index in [0.29, 0.717) is 0 Å². The van der Waals surface area contributed by atoms with Gasteiger partial charge in [-0.1, -0.05) is 30.3 Å². The summed E-state index contributed by atoms with van der Waals surface area (Å²) in [5.74, 6) is -0.605. The molecule has 0 aromatic heterocycles. The van der Waals surface area contributed by atoms with E-state index in [-0.39, 0.29) is 16.8 Å². The van der Waals surface area contributed by atoms with E-state index < -0.39 is 10.9 Å². The molecule has 0 aliphatic rings. The lowest BCUT2D eigenvalue weighted by Crippen LogP contribution is -2.08. The van der Waals surface area contributed by atoms with Crippen LogP contribution in [0.2, 0.25) is 0 Å². The molecule has 0 spiro atoms. The number of methoxy groups -OCH3 is 1. The largest absolute Gasteiger partial charge is 0.465 e. The van der Waals surface area contributed by atoms with Crippen molar-refractivity contribution in [3.63, 3.8) is 0 Å². The number of carbonyl (C=O) groups excluding carboxylic acids is 1. The molecular formula is C16H12INO4. The minimum Gasteiger partial charge on any atom is -0.465 e. The molecule has 0 aliphatic heterocycles. The van der Waals surface area contributed by atoms with Gasteiger partial charge >= 0.3 is 5.97 Å². The standard InChI is InChI=1S/C16H12INO4/c1-22-16(19)13-8-4-3-7-12(13)15(18(20)21)10-11-6-2-5-9-14(11)17/h2-10H,1H3/b15-10+. The molecule has 6 heteroatoms. The summed E-state index contributed by atoms with van der Waals surface area (Å²) in [6.07, 6.45) is 1.46. The Morgan fingerprint density at radius 2 is 1.73 bits per heavy atom. The molecule has 0 saturated carbocycles. The highest BCUT2D eigenvalue weighted by atomic mass is 127. The first-order valence-corrected chi connectivity index (χ1v) is 7.41. The van der Waals surface area contributed by atoms with Gasteiger partial charge in [-0.2, -0.15) is 0 Å². The lowest BCUT2D eigenvalue weighted by atomic mass is 10.0. The maximum atomic E-state index is 11.8. The quantitative estimate of drug-likeness (QED) is 0.253. The zero-order chi connectivity index (χ0) is 16.1. The monoisotopic (exact) mass is 409 g/mol. The Bertz CT molecular complexity index is 755. The molecule has 2 rings (SSSR count). The van der Waals surface area contributed by atoms with E-state index in [4.69, 9.17) is 4.74 Å². The number of esters is 1. The van der Waals surface area contributed by atoms with Crippen molar-refractivity contribution in [1.82, 2.24) is 0 Å². The van der Waals surface area contributed by atoms with Crippen LogP contribution in [0.5, 0.6) is 0 Å². The summed E-state index contributed by atoms with van der Waals surface area (Å²) in [6, 6.07) is 13.6. The van der Waals surface area contributed by atoms with Crippen molar-refractivity contribution in [2.75, 3.05) is 7.11 Å². The van der Waals surface area contributed by atoms with Crippen LogP contribution in [-0.2, 0) is 4.74 Å². The van der Waals surface area contributed by atoms with Gasteiger partial charge in [0.2, 0.25) is 0 Å². The third-order valence-electron chi connectivity index (χ3n) is 3.00. The lowest BCUT2D eigenvalue weighted by molar-refractivity contribution is -0.374. The number of benzene rings is 2. The Balaban J connectivity index is 2.62. The lowest BCUT2D eigenvalue weighted by Gasteiger charge is -2.06. The summed E-state index contributed by atoms with van der Waals surface area (Å²) < 4.78 is 5.57.